The number of methoxy groups -OCH3 is 1. The van der Waals surface area contributed by atoms with Crippen LogP contribution < -0.4 is 9.64 Å². The third-order valence-corrected chi connectivity index (χ3v) is 5.61. The van der Waals surface area contributed by atoms with Crippen molar-refractivity contribution in [1.82, 2.24) is 4.90 Å². The molecular formula is C25H22N4O5. The van der Waals surface area contributed by atoms with Gasteiger partial charge in [0, 0.05) is 50.1 Å². The molecule has 0 atom stereocenters. The van der Waals surface area contributed by atoms with Crippen molar-refractivity contribution in [2.45, 2.75) is 0 Å². The minimum atomic E-state index is -0.503. The van der Waals surface area contributed by atoms with Crippen molar-refractivity contribution in [2.75, 3.05) is 38.2 Å². The number of amides is 1. The first kappa shape index (κ1) is 22.6. The first-order valence-electron chi connectivity index (χ1n) is 10.6. The Hall–Kier alpha value is -4.58. The van der Waals surface area contributed by atoms with Crippen LogP contribution in [0.5, 0.6) is 5.75 Å². The summed E-state index contributed by atoms with van der Waals surface area (Å²) in [5.41, 5.74) is 1.36. The molecule has 0 unspecified atom stereocenters. The number of nitro groups is 1. The molecule has 1 saturated heterocycles. The van der Waals surface area contributed by atoms with E-state index in [2.05, 4.69) is 4.90 Å². The van der Waals surface area contributed by atoms with Gasteiger partial charge in [0.25, 0.3) is 11.6 Å². The van der Waals surface area contributed by atoms with Gasteiger partial charge in [0.15, 0.2) is 0 Å². The van der Waals surface area contributed by atoms with Crippen molar-refractivity contribution in [1.29, 1.82) is 5.26 Å². The van der Waals surface area contributed by atoms with Crippen LogP contribution in [0.15, 0.2) is 70.7 Å². The molecular weight excluding hydrogens is 436 g/mol. The highest BCUT2D eigenvalue weighted by atomic mass is 16.6. The van der Waals surface area contributed by atoms with Crippen LogP contribution in [0.3, 0.4) is 0 Å². The summed E-state index contributed by atoms with van der Waals surface area (Å²) >= 11 is 0. The maximum Gasteiger partial charge on any atom is 0.270 e. The molecule has 0 radical (unpaired) electrons. The van der Waals surface area contributed by atoms with Crippen LogP contribution in [-0.2, 0) is 4.79 Å². The molecule has 34 heavy (non-hydrogen) atoms. The quantitative estimate of drug-likeness (QED) is 0.236. The fourth-order valence-corrected chi connectivity index (χ4v) is 3.84. The number of carbonyl (C=O) groups excluding carboxylic acids is 1. The number of carbonyl (C=O) groups is 1. The van der Waals surface area contributed by atoms with E-state index in [0.717, 1.165) is 5.69 Å². The van der Waals surface area contributed by atoms with Crippen molar-refractivity contribution in [3.05, 3.63) is 82.1 Å². The molecule has 1 amide bonds. The van der Waals surface area contributed by atoms with Gasteiger partial charge in [0.2, 0.25) is 0 Å². The van der Waals surface area contributed by atoms with Gasteiger partial charge in [-0.3, -0.25) is 14.9 Å². The highest BCUT2D eigenvalue weighted by Crippen LogP contribution is 2.34. The molecule has 0 bridgehead atoms. The van der Waals surface area contributed by atoms with Crippen molar-refractivity contribution in [3.8, 4) is 23.1 Å². The lowest BCUT2D eigenvalue weighted by molar-refractivity contribution is -0.384. The standard InChI is InChI=1S/C25H22N4O5/c1-33-23-9-7-20(29(31)32)16-22(23)24-10-8-21(34-24)15-18(17-26)25(30)28-13-11-27(12-14-28)19-5-3-2-4-6-19/h2-10,15-16H,11-14H2,1H3/b18-15-. The molecule has 0 spiro atoms. The van der Waals surface area contributed by atoms with Crippen LogP contribution in [0.25, 0.3) is 17.4 Å². The molecule has 9 heteroatoms. The minimum absolute atomic E-state index is 0.0416. The van der Waals surface area contributed by atoms with Crippen LogP contribution in [-0.4, -0.2) is 49.0 Å². The lowest BCUT2D eigenvalue weighted by Crippen LogP contribution is -2.49. The second-order valence-electron chi connectivity index (χ2n) is 7.63. The van der Waals surface area contributed by atoms with Gasteiger partial charge in [-0.15, -0.1) is 0 Å². The zero-order valence-electron chi connectivity index (χ0n) is 18.5. The zero-order valence-corrected chi connectivity index (χ0v) is 18.5. The molecule has 2 aromatic carbocycles. The van der Waals surface area contributed by atoms with Gasteiger partial charge in [-0.1, -0.05) is 18.2 Å². The topological polar surface area (TPSA) is 113 Å². The summed E-state index contributed by atoms with van der Waals surface area (Å²) in [4.78, 5) is 27.4. The summed E-state index contributed by atoms with van der Waals surface area (Å²) in [5.74, 6) is 0.661. The zero-order chi connectivity index (χ0) is 24.1. The molecule has 1 aliphatic heterocycles. The van der Waals surface area contributed by atoms with Gasteiger partial charge in [-0.25, -0.2) is 0 Å². The average Bonchev–Trinajstić information content (AvgIpc) is 3.35. The molecule has 0 saturated carbocycles. The number of anilines is 1. The van der Waals surface area contributed by atoms with Gasteiger partial charge >= 0.3 is 0 Å². The second kappa shape index (κ2) is 9.92. The van der Waals surface area contributed by atoms with Crippen LogP contribution in [0.2, 0.25) is 0 Å². The maximum atomic E-state index is 13.0. The molecule has 2 heterocycles. The van der Waals surface area contributed by atoms with Crippen molar-refractivity contribution >= 4 is 23.4 Å². The Labute approximate surface area is 196 Å². The smallest absolute Gasteiger partial charge is 0.270 e. The van der Waals surface area contributed by atoms with Crippen LogP contribution >= 0.6 is 0 Å². The molecule has 172 valence electrons. The summed E-state index contributed by atoms with van der Waals surface area (Å²) in [6.45, 7) is 2.35. The summed E-state index contributed by atoms with van der Waals surface area (Å²) in [6, 6.07) is 19.4. The Morgan fingerprint density at radius 3 is 2.50 bits per heavy atom. The maximum absolute atomic E-state index is 13.0. The molecule has 0 aliphatic carbocycles. The minimum Gasteiger partial charge on any atom is -0.496 e. The Bertz CT molecular complexity index is 1270. The number of furan rings is 1. The highest BCUT2D eigenvalue weighted by molar-refractivity contribution is 6.01. The lowest BCUT2D eigenvalue weighted by atomic mass is 10.1. The van der Waals surface area contributed by atoms with E-state index in [1.807, 2.05) is 36.4 Å². The van der Waals surface area contributed by atoms with E-state index in [1.165, 1.54) is 31.4 Å². The molecule has 1 aromatic heterocycles. The summed E-state index contributed by atoms with van der Waals surface area (Å²) in [6.07, 6.45) is 1.39. The highest BCUT2D eigenvalue weighted by Gasteiger charge is 2.24. The van der Waals surface area contributed by atoms with Gasteiger partial charge in [0.1, 0.15) is 28.9 Å². The Morgan fingerprint density at radius 2 is 1.85 bits per heavy atom. The van der Waals surface area contributed by atoms with Crippen LogP contribution in [0, 0.1) is 21.4 Å². The number of hydrogen-bond acceptors (Lipinski definition) is 7. The van der Waals surface area contributed by atoms with E-state index < -0.39 is 4.92 Å². The van der Waals surface area contributed by atoms with Crippen LogP contribution in [0.1, 0.15) is 5.76 Å². The summed E-state index contributed by atoms with van der Waals surface area (Å²) in [5, 5.41) is 20.8. The predicted octanol–water partition coefficient (Wildman–Crippen LogP) is 4.12. The number of piperazine rings is 1. The normalized spacial score (nSPS) is 13.9. The van der Waals surface area contributed by atoms with Crippen molar-refractivity contribution < 1.29 is 18.9 Å². The largest absolute Gasteiger partial charge is 0.496 e. The summed E-state index contributed by atoms with van der Waals surface area (Å²) < 4.78 is 11.1. The fourth-order valence-electron chi connectivity index (χ4n) is 3.84. The first-order chi connectivity index (χ1) is 16.5. The lowest BCUT2D eigenvalue weighted by Gasteiger charge is -2.36. The van der Waals surface area contributed by atoms with Gasteiger partial charge < -0.3 is 19.0 Å². The molecule has 4 rings (SSSR count). The SMILES string of the molecule is COc1ccc([N+](=O)[O-])cc1-c1ccc(/C=C(/C#N)C(=O)N2CCN(c3ccccc3)CC2)o1. The fraction of sp³-hybridized carbons (Fsp3) is 0.200. The molecule has 1 fully saturated rings. The third-order valence-electron chi connectivity index (χ3n) is 5.61. The monoisotopic (exact) mass is 458 g/mol. The molecule has 9 nitrogen and oxygen atoms in total. The Kier molecular flexibility index (Phi) is 6.59. The summed E-state index contributed by atoms with van der Waals surface area (Å²) in [7, 11) is 1.46. The van der Waals surface area contributed by atoms with Crippen molar-refractivity contribution in [2.24, 2.45) is 0 Å². The van der Waals surface area contributed by atoms with E-state index in [9.17, 15) is 20.2 Å². The number of ether oxygens (including phenoxy) is 1. The van der Waals surface area contributed by atoms with Gasteiger partial charge in [-0.05, 0) is 30.3 Å². The van der Waals surface area contributed by atoms with Gasteiger partial charge in [-0.2, -0.15) is 5.26 Å². The van der Waals surface area contributed by atoms with E-state index >= 15 is 0 Å². The number of nitrogens with zero attached hydrogens (tertiary/aromatic N) is 4. The number of benzene rings is 2. The van der Waals surface area contributed by atoms with Crippen LogP contribution in [0.4, 0.5) is 11.4 Å². The Balaban J connectivity index is 1.50. The number of rotatable bonds is 6. The molecule has 3 aromatic rings. The third kappa shape index (κ3) is 4.76. The number of nitro benzene ring substituents is 1. The van der Waals surface area contributed by atoms with E-state index in [-0.39, 0.29) is 22.9 Å². The average molecular weight is 458 g/mol. The molecule has 1 aliphatic rings. The molecule has 0 N–H and O–H groups in total. The van der Waals surface area contributed by atoms with Gasteiger partial charge in [0.05, 0.1) is 17.6 Å². The first-order valence-corrected chi connectivity index (χ1v) is 10.6. The van der Waals surface area contributed by atoms with Crippen molar-refractivity contribution in [3.63, 3.8) is 0 Å². The second-order valence-corrected chi connectivity index (χ2v) is 7.63. The number of non-ortho nitro benzene ring substituents is 1. The van der Waals surface area contributed by atoms with E-state index in [0.29, 0.717) is 43.3 Å². The Morgan fingerprint density at radius 1 is 1.12 bits per heavy atom. The number of nitriles is 1. The number of para-hydroxylation sites is 1. The van der Waals surface area contributed by atoms with E-state index in [1.54, 1.807) is 17.0 Å². The predicted molar refractivity (Wildman–Crippen MR) is 126 cm³/mol. The number of hydrogen-bond donors (Lipinski definition) is 0. The van der Waals surface area contributed by atoms with E-state index in [4.69, 9.17) is 9.15 Å².